The van der Waals surface area contributed by atoms with Crippen molar-refractivity contribution in [3.63, 3.8) is 0 Å². The molecule has 3 rings (SSSR count). The van der Waals surface area contributed by atoms with Crippen LogP contribution in [0.15, 0.2) is 12.4 Å². The van der Waals surface area contributed by atoms with E-state index in [0.29, 0.717) is 6.04 Å². The van der Waals surface area contributed by atoms with Crippen molar-refractivity contribution < 1.29 is 0 Å². The Labute approximate surface area is 134 Å². The van der Waals surface area contributed by atoms with Gasteiger partial charge < -0.3 is 10.2 Å². The number of hydrogen-bond donors (Lipinski definition) is 1. The average molecular weight is 303 g/mol. The topological polar surface area (TPSA) is 44.3 Å². The number of rotatable bonds is 3. The molecule has 0 bridgehead atoms. The number of likely N-dealkylation sites (tertiary alicyclic amines) is 1. The van der Waals surface area contributed by atoms with E-state index in [1.807, 2.05) is 0 Å². The molecule has 3 heterocycles. The number of nitrogens with one attached hydrogen (secondary N) is 1. The first-order valence-electron chi connectivity index (χ1n) is 8.61. The fraction of sp³-hybridized carbons (Fsp3) is 0.765. The van der Waals surface area contributed by atoms with Gasteiger partial charge in [-0.25, -0.2) is 9.97 Å². The molecular weight excluding hydrogens is 274 g/mol. The van der Waals surface area contributed by atoms with E-state index in [1.54, 1.807) is 6.33 Å². The lowest BCUT2D eigenvalue weighted by Gasteiger charge is -2.41. The zero-order valence-corrected chi connectivity index (χ0v) is 14.2. The van der Waals surface area contributed by atoms with Crippen LogP contribution in [0.2, 0.25) is 0 Å². The molecule has 22 heavy (non-hydrogen) atoms. The normalized spacial score (nSPS) is 21.3. The van der Waals surface area contributed by atoms with Crippen molar-refractivity contribution in [2.45, 2.75) is 58.0 Å². The molecule has 0 spiro atoms. The van der Waals surface area contributed by atoms with Crippen molar-refractivity contribution in [1.82, 2.24) is 14.9 Å². The summed E-state index contributed by atoms with van der Waals surface area (Å²) in [6.45, 7) is 11.5. The Balaban J connectivity index is 1.57. The number of anilines is 2. The first-order valence-corrected chi connectivity index (χ1v) is 8.61. The molecule has 1 N–H and O–H groups in total. The van der Waals surface area contributed by atoms with Crippen LogP contribution >= 0.6 is 0 Å². The summed E-state index contributed by atoms with van der Waals surface area (Å²) in [5, 5.41) is 3.61. The highest BCUT2D eigenvalue weighted by Crippen LogP contribution is 2.23. The van der Waals surface area contributed by atoms with Gasteiger partial charge in [-0.2, -0.15) is 0 Å². The smallest absolute Gasteiger partial charge is 0.134 e. The SMILES string of the molecule is CC(C)(C)N1CCC(Nc2cc(N3CCCC3)ncn2)CC1. The van der Waals surface area contributed by atoms with Crippen molar-refractivity contribution in [1.29, 1.82) is 0 Å². The fourth-order valence-corrected chi connectivity index (χ4v) is 3.45. The van der Waals surface area contributed by atoms with Crippen molar-refractivity contribution in [2.24, 2.45) is 0 Å². The molecule has 5 nitrogen and oxygen atoms in total. The van der Waals surface area contributed by atoms with Crippen molar-refractivity contribution in [3.8, 4) is 0 Å². The Bertz CT molecular complexity index is 482. The molecule has 122 valence electrons. The van der Waals surface area contributed by atoms with Gasteiger partial charge in [-0.15, -0.1) is 0 Å². The number of hydrogen-bond acceptors (Lipinski definition) is 5. The van der Waals surface area contributed by atoms with Crippen LogP contribution < -0.4 is 10.2 Å². The van der Waals surface area contributed by atoms with Gasteiger partial charge in [0.15, 0.2) is 0 Å². The van der Waals surface area contributed by atoms with Gasteiger partial charge in [-0.05, 0) is 46.5 Å². The van der Waals surface area contributed by atoms with Crippen LogP contribution in [0.1, 0.15) is 46.5 Å². The standard InChI is InChI=1S/C17H29N5/c1-17(2,3)22-10-6-14(7-11-22)20-15-12-16(19-13-18-15)21-8-4-5-9-21/h12-14H,4-11H2,1-3H3,(H,18,19,20). The lowest BCUT2D eigenvalue weighted by Crippen LogP contribution is -2.48. The van der Waals surface area contributed by atoms with Gasteiger partial charge in [-0.3, -0.25) is 4.90 Å². The predicted octanol–water partition coefficient (Wildman–Crippen LogP) is 2.75. The second kappa shape index (κ2) is 6.41. The maximum Gasteiger partial charge on any atom is 0.134 e. The largest absolute Gasteiger partial charge is 0.367 e. The number of aromatic nitrogens is 2. The first kappa shape index (κ1) is 15.5. The van der Waals surface area contributed by atoms with Gasteiger partial charge in [0, 0.05) is 43.8 Å². The van der Waals surface area contributed by atoms with E-state index in [1.165, 1.54) is 25.7 Å². The average Bonchev–Trinajstić information content (AvgIpc) is 3.01. The summed E-state index contributed by atoms with van der Waals surface area (Å²) in [5.74, 6) is 2.05. The van der Waals surface area contributed by atoms with Gasteiger partial charge >= 0.3 is 0 Å². The minimum absolute atomic E-state index is 0.281. The Morgan fingerprint density at radius 1 is 1.05 bits per heavy atom. The third kappa shape index (κ3) is 3.69. The van der Waals surface area contributed by atoms with Gasteiger partial charge in [-0.1, -0.05) is 0 Å². The van der Waals surface area contributed by atoms with E-state index in [-0.39, 0.29) is 5.54 Å². The van der Waals surface area contributed by atoms with Crippen LogP contribution in [0.5, 0.6) is 0 Å². The molecule has 0 amide bonds. The molecule has 2 saturated heterocycles. The molecular formula is C17H29N5. The number of piperidine rings is 1. The minimum atomic E-state index is 0.281. The monoisotopic (exact) mass is 303 g/mol. The summed E-state index contributed by atoms with van der Waals surface area (Å²) in [7, 11) is 0. The lowest BCUT2D eigenvalue weighted by atomic mass is 9.98. The van der Waals surface area contributed by atoms with Crippen molar-refractivity contribution in [2.75, 3.05) is 36.4 Å². The summed E-state index contributed by atoms with van der Waals surface area (Å²) in [6.07, 6.45) is 6.61. The van der Waals surface area contributed by atoms with Crippen molar-refractivity contribution >= 4 is 11.6 Å². The maximum atomic E-state index is 4.43. The molecule has 0 atom stereocenters. The zero-order chi connectivity index (χ0) is 15.6. The molecule has 2 fully saturated rings. The molecule has 5 heteroatoms. The van der Waals surface area contributed by atoms with Crippen molar-refractivity contribution in [3.05, 3.63) is 12.4 Å². The van der Waals surface area contributed by atoms with Crippen LogP contribution in [-0.2, 0) is 0 Å². The molecule has 0 radical (unpaired) electrons. The van der Waals surface area contributed by atoms with Crippen LogP contribution in [0.3, 0.4) is 0 Å². The van der Waals surface area contributed by atoms with E-state index in [4.69, 9.17) is 0 Å². The minimum Gasteiger partial charge on any atom is -0.367 e. The second-order valence-corrected chi connectivity index (χ2v) is 7.53. The Kier molecular flexibility index (Phi) is 4.52. The van der Waals surface area contributed by atoms with Gasteiger partial charge in [0.05, 0.1) is 0 Å². The number of nitrogens with zero attached hydrogens (tertiary/aromatic N) is 4. The van der Waals surface area contributed by atoms with E-state index in [0.717, 1.165) is 37.8 Å². The first-order chi connectivity index (χ1) is 10.5. The second-order valence-electron chi connectivity index (χ2n) is 7.53. The van der Waals surface area contributed by atoms with Gasteiger partial charge in [0.25, 0.3) is 0 Å². The third-order valence-electron chi connectivity index (χ3n) is 4.88. The molecule has 0 unspecified atom stereocenters. The maximum absolute atomic E-state index is 4.43. The van der Waals surface area contributed by atoms with E-state index in [9.17, 15) is 0 Å². The summed E-state index contributed by atoms with van der Waals surface area (Å²) < 4.78 is 0. The highest BCUT2D eigenvalue weighted by atomic mass is 15.2. The van der Waals surface area contributed by atoms with E-state index in [2.05, 4.69) is 51.9 Å². The molecule has 0 aromatic carbocycles. The summed E-state index contributed by atoms with van der Waals surface area (Å²) in [4.78, 5) is 13.8. The van der Waals surface area contributed by atoms with Gasteiger partial charge in [0.1, 0.15) is 18.0 Å². The van der Waals surface area contributed by atoms with Crippen LogP contribution in [0.4, 0.5) is 11.6 Å². The highest BCUT2D eigenvalue weighted by Gasteiger charge is 2.27. The molecule has 0 saturated carbocycles. The Morgan fingerprint density at radius 3 is 2.36 bits per heavy atom. The lowest BCUT2D eigenvalue weighted by molar-refractivity contribution is 0.106. The third-order valence-corrected chi connectivity index (χ3v) is 4.88. The molecule has 1 aromatic rings. The zero-order valence-electron chi connectivity index (χ0n) is 14.2. The van der Waals surface area contributed by atoms with Gasteiger partial charge in [0.2, 0.25) is 0 Å². The van der Waals surface area contributed by atoms with Crippen LogP contribution in [0.25, 0.3) is 0 Å². The fourth-order valence-electron chi connectivity index (χ4n) is 3.45. The van der Waals surface area contributed by atoms with Crippen LogP contribution in [-0.4, -0.2) is 52.6 Å². The summed E-state index contributed by atoms with van der Waals surface area (Å²) in [6, 6.07) is 2.64. The Morgan fingerprint density at radius 2 is 1.73 bits per heavy atom. The predicted molar refractivity (Wildman–Crippen MR) is 91.4 cm³/mol. The molecule has 2 aliphatic heterocycles. The summed E-state index contributed by atoms with van der Waals surface area (Å²) >= 11 is 0. The molecule has 2 aliphatic rings. The highest BCUT2D eigenvalue weighted by molar-refractivity contribution is 5.49. The quantitative estimate of drug-likeness (QED) is 0.930. The Hall–Kier alpha value is -1.36. The molecule has 1 aromatic heterocycles. The van der Waals surface area contributed by atoms with E-state index < -0.39 is 0 Å². The van der Waals surface area contributed by atoms with E-state index >= 15 is 0 Å². The van der Waals surface area contributed by atoms with Crippen LogP contribution in [0, 0.1) is 0 Å². The summed E-state index contributed by atoms with van der Waals surface area (Å²) in [5.41, 5.74) is 0.281. The molecule has 0 aliphatic carbocycles.